The Morgan fingerprint density at radius 3 is 2.71 bits per heavy atom. The fourth-order valence-corrected chi connectivity index (χ4v) is 3.90. The summed E-state index contributed by atoms with van der Waals surface area (Å²) in [6, 6.07) is 2.90. The maximum absolute atomic E-state index is 12.3. The number of halogens is 2. The quantitative estimate of drug-likeness (QED) is 0.540. The molecule has 21 heavy (non-hydrogen) atoms. The van der Waals surface area contributed by atoms with Gasteiger partial charge in [0, 0.05) is 11.6 Å². The van der Waals surface area contributed by atoms with Crippen LogP contribution >= 0.6 is 27.5 Å². The Hall–Kier alpha value is -0.600. The Labute approximate surface area is 138 Å². The Morgan fingerprint density at radius 1 is 1.48 bits per heavy atom. The van der Waals surface area contributed by atoms with Crippen molar-refractivity contribution in [3.8, 4) is 5.75 Å². The van der Waals surface area contributed by atoms with E-state index in [2.05, 4.69) is 27.2 Å². The van der Waals surface area contributed by atoms with Gasteiger partial charge in [0.1, 0.15) is 4.90 Å². The van der Waals surface area contributed by atoms with Crippen molar-refractivity contribution in [3.63, 3.8) is 0 Å². The van der Waals surface area contributed by atoms with Crippen LogP contribution in [0.1, 0.15) is 6.92 Å². The van der Waals surface area contributed by atoms with Crippen LogP contribution in [-0.2, 0) is 14.8 Å². The second-order valence-corrected chi connectivity index (χ2v) is 7.35. The lowest BCUT2D eigenvalue weighted by Crippen LogP contribution is -2.28. The molecule has 0 aliphatic carbocycles. The number of methoxy groups -OCH3 is 1. The zero-order chi connectivity index (χ0) is 16.0. The Morgan fingerprint density at radius 2 is 2.14 bits per heavy atom. The fraction of sp³-hybridized carbons (Fsp3) is 0.385. The first-order valence-electron chi connectivity index (χ1n) is 6.02. The van der Waals surface area contributed by atoms with Gasteiger partial charge < -0.3 is 9.47 Å². The smallest absolute Gasteiger partial charge is 0.244 e. The van der Waals surface area contributed by atoms with Crippen LogP contribution in [0, 0.1) is 0 Å². The maximum atomic E-state index is 12.3. The predicted octanol–water partition coefficient (Wildman–Crippen LogP) is 2.98. The molecule has 1 N–H and O–H groups in total. The minimum absolute atomic E-state index is 0.0238. The largest absolute Gasteiger partial charge is 0.494 e. The fourth-order valence-electron chi connectivity index (χ4n) is 1.51. The van der Waals surface area contributed by atoms with Crippen LogP contribution in [0.2, 0.25) is 5.02 Å². The van der Waals surface area contributed by atoms with Crippen molar-refractivity contribution in [2.75, 3.05) is 26.9 Å². The molecule has 1 rings (SSSR count). The zero-order valence-corrected chi connectivity index (χ0v) is 14.9. The summed E-state index contributed by atoms with van der Waals surface area (Å²) in [6.07, 6.45) is 0. The summed E-state index contributed by atoms with van der Waals surface area (Å²) in [5.74, 6) is 0.203. The molecule has 0 aromatic heterocycles. The molecule has 0 atom stereocenters. The Balaban J connectivity index is 2.81. The number of rotatable bonds is 8. The van der Waals surface area contributed by atoms with Gasteiger partial charge in [0.05, 0.1) is 24.8 Å². The van der Waals surface area contributed by atoms with E-state index in [1.54, 1.807) is 6.07 Å². The summed E-state index contributed by atoms with van der Waals surface area (Å²) in [4.78, 5) is -0.0238. The standard InChI is InChI=1S/C13H17BrClNO4S/c1-9(2)8-20-5-4-16-21(17,18)12-7-10(15)6-11(14)13(12)19-3/h6-7,16H,1,4-5,8H2,2-3H3. The number of ether oxygens (including phenoxy) is 2. The highest BCUT2D eigenvalue weighted by atomic mass is 79.9. The van der Waals surface area contributed by atoms with E-state index < -0.39 is 10.0 Å². The molecular weight excluding hydrogens is 382 g/mol. The minimum atomic E-state index is -3.74. The Bertz CT molecular complexity index is 619. The number of benzene rings is 1. The Kier molecular flexibility index (Phi) is 7.15. The monoisotopic (exact) mass is 397 g/mol. The van der Waals surface area contributed by atoms with Crippen LogP contribution in [0.4, 0.5) is 0 Å². The van der Waals surface area contributed by atoms with E-state index in [0.29, 0.717) is 16.1 Å². The van der Waals surface area contributed by atoms with E-state index in [9.17, 15) is 8.42 Å². The van der Waals surface area contributed by atoms with Gasteiger partial charge in [0.15, 0.2) is 5.75 Å². The third-order valence-corrected chi connectivity index (χ3v) is 4.63. The molecule has 0 radical (unpaired) electrons. The van der Waals surface area contributed by atoms with Gasteiger partial charge in [-0.25, -0.2) is 13.1 Å². The summed E-state index contributed by atoms with van der Waals surface area (Å²) in [7, 11) is -2.35. The van der Waals surface area contributed by atoms with Crippen LogP contribution in [0.3, 0.4) is 0 Å². The number of hydrogen-bond acceptors (Lipinski definition) is 4. The maximum Gasteiger partial charge on any atom is 0.244 e. The molecule has 0 spiro atoms. The van der Waals surface area contributed by atoms with E-state index in [0.717, 1.165) is 5.57 Å². The molecule has 1 aromatic rings. The van der Waals surface area contributed by atoms with Gasteiger partial charge in [0.25, 0.3) is 0 Å². The molecule has 5 nitrogen and oxygen atoms in total. The normalized spacial score (nSPS) is 11.4. The van der Waals surface area contributed by atoms with Gasteiger partial charge in [0.2, 0.25) is 10.0 Å². The SMILES string of the molecule is C=C(C)COCCNS(=O)(=O)c1cc(Cl)cc(Br)c1OC. The average molecular weight is 399 g/mol. The summed E-state index contributed by atoms with van der Waals surface area (Å²) in [6.45, 7) is 6.31. The molecule has 0 saturated carbocycles. The third kappa shape index (κ3) is 5.60. The van der Waals surface area contributed by atoms with Crippen LogP contribution in [0.5, 0.6) is 5.75 Å². The van der Waals surface area contributed by atoms with Gasteiger partial charge in [-0.05, 0) is 35.0 Å². The molecule has 0 aliphatic heterocycles. The van der Waals surface area contributed by atoms with Crippen molar-refractivity contribution in [2.45, 2.75) is 11.8 Å². The van der Waals surface area contributed by atoms with Gasteiger partial charge >= 0.3 is 0 Å². The van der Waals surface area contributed by atoms with Crippen molar-refractivity contribution >= 4 is 37.6 Å². The molecule has 0 saturated heterocycles. The van der Waals surface area contributed by atoms with Crippen LogP contribution in [-0.4, -0.2) is 35.3 Å². The van der Waals surface area contributed by atoms with E-state index in [1.807, 2.05) is 6.92 Å². The minimum Gasteiger partial charge on any atom is -0.494 e. The first-order chi connectivity index (χ1) is 9.77. The predicted molar refractivity (Wildman–Crippen MR) is 86.5 cm³/mol. The molecule has 0 fully saturated rings. The molecule has 0 unspecified atom stereocenters. The van der Waals surface area contributed by atoms with E-state index in [4.69, 9.17) is 21.1 Å². The van der Waals surface area contributed by atoms with Crippen LogP contribution in [0.15, 0.2) is 33.7 Å². The second-order valence-electron chi connectivity index (χ2n) is 4.33. The highest BCUT2D eigenvalue weighted by Crippen LogP contribution is 2.35. The number of sulfonamides is 1. The van der Waals surface area contributed by atoms with Crippen molar-refractivity contribution in [2.24, 2.45) is 0 Å². The lowest BCUT2D eigenvalue weighted by molar-refractivity contribution is 0.162. The first-order valence-corrected chi connectivity index (χ1v) is 8.68. The lowest BCUT2D eigenvalue weighted by Gasteiger charge is -2.13. The summed E-state index contributed by atoms with van der Waals surface area (Å²) in [5.41, 5.74) is 0.873. The molecular formula is C13H17BrClNO4S. The molecule has 118 valence electrons. The van der Waals surface area contributed by atoms with Crippen molar-refractivity contribution < 1.29 is 17.9 Å². The lowest BCUT2D eigenvalue weighted by atomic mass is 10.3. The summed E-state index contributed by atoms with van der Waals surface area (Å²) < 4.78 is 37.8. The molecule has 0 heterocycles. The molecule has 8 heteroatoms. The van der Waals surface area contributed by atoms with Gasteiger partial charge in [-0.3, -0.25) is 0 Å². The van der Waals surface area contributed by atoms with Crippen molar-refractivity contribution in [1.29, 1.82) is 0 Å². The second kappa shape index (κ2) is 8.14. The molecule has 0 aliphatic rings. The van der Waals surface area contributed by atoms with Crippen LogP contribution in [0.25, 0.3) is 0 Å². The van der Waals surface area contributed by atoms with E-state index >= 15 is 0 Å². The van der Waals surface area contributed by atoms with E-state index in [1.165, 1.54) is 13.2 Å². The highest BCUT2D eigenvalue weighted by Gasteiger charge is 2.22. The number of hydrogen-bond donors (Lipinski definition) is 1. The topological polar surface area (TPSA) is 64.6 Å². The summed E-state index contributed by atoms with van der Waals surface area (Å²) in [5, 5.41) is 0.293. The van der Waals surface area contributed by atoms with Gasteiger partial charge in [-0.2, -0.15) is 0 Å². The summed E-state index contributed by atoms with van der Waals surface area (Å²) >= 11 is 9.12. The zero-order valence-electron chi connectivity index (χ0n) is 11.8. The molecule has 1 aromatic carbocycles. The highest BCUT2D eigenvalue weighted by molar-refractivity contribution is 9.10. The number of nitrogens with one attached hydrogen (secondary N) is 1. The average Bonchev–Trinajstić information content (AvgIpc) is 2.37. The van der Waals surface area contributed by atoms with Gasteiger partial charge in [-0.15, -0.1) is 0 Å². The van der Waals surface area contributed by atoms with E-state index in [-0.39, 0.29) is 23.8 Å². The van der Waals surface area contributed by atoms with Gasteiger partial charge in [-0.1, -0.05) is 23.8 Å². The molecule has 0 bridgehead atoms. The van der Waals surface area contributed by atoms with Crippen molar-refractivity contribution in [1.82, 2.24) is 4.72 Å². The third-order valence-electron chi connectivity index (χ3n) is 2.35. The van der Waals surface area contributed by atoms with Crippen LogP contribution < -0.4 is 9.46 Å². The molecule has 0 amide bonds. The first kappa shape index (κ1) is 18.4. The van der Waals surface area contributed by atoms with Crippen molar-refractivity contribution in [3.05, 3.63) is 33.8 Å².